The predicted octanol–water partition coefficient (Wildman–Crippen LogP) is 0.421. The lowest BCUT2D eigenvalue weighted by atomic mass is 10.0. The van der Waals surface area contributed by atoms with Crippen LogP contribution in [0.5, 0.6) is 0 Å². The third-order valence-corrected chi connectivity index (χ3v) is 3.88. The Labute approximate surface area is 116 Å². The standard InChI is InChI=1S/C14H29N3O2/c1-16-9-6-13(7-10-16)17(11-12-18)14(19)5-3-2-4-8-15/h13,18H,2-12,15H2,1H3. The third-order valence-electron chi connectivity index (χ3n) is 3.88. The van der Waals surface area contributed by atoms with Crippen molar-refractivity contribution in [3.63, 3.8) is 0 Å². The molecule has 5 heteroatoms. The minimum Gasteiger partial charge on any atom is -0.395 e. The summed E-state index contributed by atoms with van der Waals surface area (Å²) in [6.45, 7) is 3.30. The van der Waals surface area contributed by atoms with Crippen LogP contribution in [0.3, 0.4) is 0 Å². The number of rotatable bonds is 8. The van der Waals surface area contributed by atoms with Crippen LogP contribution in [0, 0.1) is 0 Å². The quantitative estimate of drug-likeness (QED) is 0.628. The summed E-state index contributed by atoms with van der Waals surface area (Å²) in [5.74, 6) is 0.195. The first-order chi connectivity index (χ1) is 9.19. The van der Waals surface area contributed by atoms with Crippen LogP contribution in [-0.2, 0) is 4.79 Å². The fourth-order valence-electron chi connectivity index (χ4n) is 2.67. The molecule has 0 aromatic heterocycles. The van der Waals surface area contributed by atoms with E-state index in [1.807, 2.05) is 4.90 Å². The van der Waals surface area contributed by atoms with Gasteiger partial charge in [-0.05, 0) is 52.4 Å². The molecule has 1 rings (SSSR count). The summed E-state index contributed by atoms with van der Waals surface area (Å²) >= 11 is 0. The van der Waals surface area contributed by atoms with Crippen LogP contribution in [0.4, 0.5) is 0 Å². The summed E-state index contributed by atoms with van der Waals surface area (Å²) in [5, 5.41) is 9.16. The number of amides is 1. The van der Waals surface area contributed by atoms with E-state index in [0.29, 0.717) is 25.6 Å². The fourth-order valence-corrected chi connectivity index (χ4v) is 2.67. The van der Waals surface area contributed by atoms with Gasteiger partial charge in [0.2, 0.25) is 5.91 Å². The maximum absolute atomic E-state index is 12.2. The van der Waals surface area contributed by atoms with Crippen LogP contribution in [0.2, 0.25) is 0 Å². The van der Waals surface area contributed by atoms with Gasteiger partial charge < -0.3 is 20.6 Å². The molecule has 0 bridgehead atoms. The molecule has 1 aliphatic rings. The first kappa shape index (κ1) is 16.4. The van der Waals surface area contributed by atoms with Gasteiger partial charge in [-0.25, -0.2) is 0 Å². The van der Waals surface area contributed by atoms with Crippen LogP contribution < -0.4 is 5.73 Å². The summed E-state index contributed by atoms with van der Waals surface area (Å²) in [5.41, 5.74) is 5.45. The van der Waals surface area contributed by atoms with Crippen molar-refractivity contribution < 1.29 is 9.90 Å². The van der Waals surface area contributed by atoms with Gasteiger partial charge in [-0.1, -0.05) is 6.42 Å². The molecule has 1 heterocycles. The van der Waals surface area contributed by atoms with Crippen LogP contribution in [0.1, 0.15) is 38.5 Å². The minimum atomic E-state index is 0.0564. The number of nitrogens with two attached hydrogens (primary N) is 1. The monoisotopic (exact) mass is 271 g/mol. The SMILES string of the molecule is CN1CCC(N(CCO)C(=O)CCCCCN)CC1. The minimum absolute atomic E-state index is 0.0564. The maximum Gasteiger partial charge on any atom is 0.222 e. The van der Waals surface area contributed by atoms with E-state index in [1.54, 1.807) is 0 Å². The van der Waals surface area contributed by atoms with Gasteiger partial charge in [-0.2, -0.15) is 0 Å². The zero-order chi connectivity index (χ0) is 14.1. The zero-order valence-corrected chi connectivity index (χ0v) is 12.2. The molecule has 0 aromatic carbocycles. The number of piperidine rings is 1. The van der Waals surface area contributed by atoms with Crippen molar-refractivity contribution >= 4 is 5.91 Å². The Morgan fingerprint density at radius 2 is 2.00 bits per heavy atom. The lowest BCUT2D eigenvalue weighted by Crippen LogP contribution is -2.47. The number of likely N-dealkylation sites (tertiary alicyclic amines) is 1. The molecule has 0 aliphatic carbocycles. The van der Waals surface area contributed by atoms with E-state index < -0.39 is 0 Å². The number of carbonyl (C=O) groups excluding carboxylic acids is 1. The molecule has 1 saturated heterocycles. The summed E-state index contributed by atoms with van der Waals surface area (Å²) in [6, 6.07) is 0.311. The molecular weight excluding hydrogens is 242 g/mol. The van der Waals surface area contributed by atoms with Gasteiger partial charge in [0, 0.05) is 19.0 Å². The van der Waals surface area contributed by atoms with E-state index in [2.05, 4.69) is 11.9 Å². The number of hydrogen-bond donors (Lipinski definition) is 2. The normalized spacial score (nSPS) is 17.6. The van der Waals surface area contributed by atoms with Crippen molar-refractivity contribution in [3.8, 4) is 0 Å². The molecule has 1 amide bonds. The van der Waals surface area contributed by atoms with Crippen molar-refractivity contribution in [1.82, 2.24) is 9.80 Å². The van der Waals surface area contributed by atoms with E-state index >= 15 is 0 Å². The fraction of sp³-hybridized carbons (Fsp3) is 0.929. The second kappa shape index (κ2) is 9.28. The second-order valence-corrected chi connectivity index (χ2v) is 5.44. The highest BCUT2D eigenvalue weighted by Crippen LogP contribution is 2.17. The number of aliphatic hydroxyl groups excluding tert-OH is 1. The van der Waals surface area contributed by atoms with Crippen LogP contribution in [0.25, 0.3) is 0 Å². The van der Waals surface area contributed by atoms with Crippen molar-refractivity contribution in [3.05, 3.63) is 0 Å². The Bertz CT molecular complexity index is 253. The molecule has 0 radical (unpaired) electrons. The lowest BCUT2D eigenvalue weighted by molar-refractivity contribution is -0.135. The van der Waals surface area contributed by atoms with E-state index in [9.17, 15) is 4.79 Å². The topological polar surface area (TPSA) is 69.8 Å². The first-order valence-electron chi connectivity index (χ1n) is 7.48. The average molecular weight is 271 g/mol. The third kappa shape index (κ3) is 5.89. The highest BCUT2D eigenvalue weighted by atomic mass is 16.3. The molecule has 0 unspecified atom stereocenters. The molecule has 1 fully saturated rings. The molecule has 19 heavy (non-hydrogen) atoms. The maximum atomic E-state index is 12.2. The van der Waals surface area contributed by atoms with E-state index in [0.717, 1.165) is 45.2 Å². The number of aliphatic hydroxyl groups is 1. The Balaban J connectivity index is 2.39. The number of unbranched alkanes of at least 4 members (excludes halogenated alkanes) is 2. The summed E-state index contributed by atoms with van der Waals surface area (Å²) < 4.78 is 0. The highest BCUT2D eigenvalue weighted by Gasteiger charge is 2.25. The van der Waals surface area contributed by atoms with Crippen molar-refractivity contribution in [2.24, 2.45) is 5.73 Å². The van der Waals surface area contributed by atoms with Crippen LogP contribution in [-0.4, -0.2) is 66.7 Å². The van der Waals surface area contributed by atoms with Gasteiger partial charge in [-0.15, -0.1) is 0 Å². The van der Waals surface area contributed by atoms with Gasteiger partial charge in [0.15, 0.2) is 0 Å². The van der Waals surface area contributed by atoms with Crippen molar-refractivity contribution in [1.29, 1.82) is 0 Å². The average Bonchev–Trinajstić information content (AvgIpc) is 2.42. The Morgan fingerprint density at radius 3 is 2.58 bits per heavy atom. The molecular formula is C14H29N3O2. The molecule has 3 N–H and O–H groups in total. The Kier molecular flexibility index (Phi) is 8.02. The van der Waals surface area contributed by atoms with Gasteiger partial charge in [-0.3, -0.25) is 4.79 Å². The van der Waals surface area contributed by atoms with Crippen LogP contribution in [0.15, 0.2) is 0 Å². The summed E-state index contributed by atoms with van der Waals surface area (Å²) in [6.07, 6.45) is 5.54. The Hall–Kier alpha value is -0.650. The lowest BCUT2D eigenvalue weighted by Gasteiger charge is -2.37. The van der Waals surface area contributed by atoms with E-state index in [-0.39, 0.29) is 12.5 Å². The highest BCUT2D eigenvalue weighted by molar-refractivity contribution is 5.76. The van der Waals surface area contributed by atoms with Crippen molar-refractivity contribution in [2.45, 2.75) is 44.6 Å². The Morgan fingerprint density at radius 1 is 1.32 bits per heavy atom. The number of nitrogens with zero attached hydrogens (tertiary/aromatic N) is 2. The second-order valence-electron chi connectivity index (χ2n) is 5.44. The smallest absolute Gasteiger partial charge is 0.222 e. The zero-order valence-electron chi connectivity index (χ0n) is 12.2. The van der Waals surface area contributed by atoms with Crippen molar-refractivity contribution in [2.75, 3.05) is 39.8 Å². The van der Waals surface area contributed by atoms with Gasteiger partial charge in [0.25, 0.3) is 0 Å². The van der Waals surface area contributed by atoms with Gasteiger partial charge >= 0.3 is 0 Å². The molecule has 112 valence electrons. The summed E-state index contributed by atoms with van der Waals surface area (Å²) in [7, 11) is 2.11. The molecule has 5 nitrogen and oxygen atoms in total. The van der Waals surface area contributed by atoms with E-state index in [4.69, 9.17) is 10.8 Å². The number of carbonyl (C=O) groups is 1. The molecule has 0 aromatic rings. The first-order valence-corrected chi connectivity index (χ1v) is 7.48. The summed E-state index contributed by atoms with van der Waals surface area (Å²) in [4.78, 5) is 16.4. The predicted molar refractivity (Wildman–Crippen MR) is 76.8 cm³/mol. The number of hydrogen-bond acceptors (Lipinski definition) is 4. The molecule has 0 spiro atoms. The van der Waals surface area contributed by atoms with E-state index in [1.165, 1.54) is 0 Å². The largest absolute Gasteiger partial charge is 0.395 e. The van der Waals surface area contributed by atoms with Gasteiger partial charge in [0.1, 0.15) is 0 Å². The molecule has 0 saturated carbocycles. The molecule has 0 atom stereocenters. The van der Waals surface area contributed by atoms with Crippen LogP contribution >= 0.6 is 0 Å². The molecule has 1 aliphatic heterocycles. The van der Waals surface area contributed by atoms with Gasteiger partial charge in [0.05, 0.1) is 6.61 Å².